The van der Waals surface area contributed by atoms with Gasteiger partial charge >= 0.3 is 0 Å². The molecule has 24 heavy (non-hydrogen) atoms. The molecule has 0 aliphatic rings. The lowest BCUT2D eigenvalue weighted by atomic mass is 10.0. The minimum atomic E-state index is -0.233. The number of ether oxygens (including phenoxy) is 1. The predicted octanol–water partition coefficient (Wildman–Crippen LogP) is 3.72. The molecule has 0 aromatic heterocycles. The number of hydrogen-bond acceptors (Lipinski definition) is 5. The normalized spacial score (nSPS) is 9.58. The number of methoxy groups -OCH3 is 1. The molecule has 0 saturated heterocycles. The van der Waals surface area contributed by atoms with Gasteiger partial charge in [-0.25, -0.2) is 0 Å². The lowest BCUT2D eigenvalue weighted by Gasteiger charge is -2.26. The minimum Gasteiger partial charge on any atom is -0.496 e. The maximum absolute atomic E-state index is 9.32. The molecule has 6 heteroatoms. The molecule has 0 atom stereocenters. The number of nitriles is 3. The number of allylic oxidation sites excluding steroid dienone is 2. The highest BCUT2D eigenvalue weighted by atomic mass is 35.5. The van der Waals surface area contributed by atoms with Crippen molar-refractivity contribution in [1.82, 2.24) is 0 Å². The molecule has 5 nitrogen and oxygen atoms in total. The van der Waals surface area contributed by atoms with Gasteiger partial charge in [0, 0.05) is 36.3 Å². The van der Waals surface area contributed by atoms with Crippen LogP contribution >= 0.6 is 11.6 Å². The lowest BCUT2D eigenvalue weighted by molar-refractivity contribution is 0.413. The van der Waals surface area contributed by atoms with Gasteiger partial charge in [0.1, 0.15) is 29.5 Å². The molecule has 1 aromatic carbocycles. The summed E-state index contributed by atoms with van der Waals surface area (Å²) in [7, 11) is 1.49. The average molecular weight is 343 g/mol. The molecule has 0 bridgehead atoms. The fourth-order valence-electron chi connectivity index (χ4n) is 2.34. The summed E-state index contributed by atoms with van der Waals surface area (Å²) < 4.78 is 5.38. The van der Waals surface area contributed by atoms with Crippen LogP contribution in [0, 0.1) is 39.9 Å². The first-order valence-electron chi connectivity index (χ1n) is 7.46. The Bertz CT molecular complexity index is 719. The van der Waals surface area contributed by atoms with E-state index in [4.69, 9.17) is 26.9 Å². The van der Waals surface area contributed by atoms with E-state index in [0.717, 1.165) is 12.2 Å². The molecule has 0 aliphatic heterocycles. The van der Waals surface area contributed by atoms with Crippen molar-refractivity contribution in [3.05, 3.63) is 29.3 Å². The molecule has 0 amide bonds. The molecule has 0 unspecified atom stereocenters. The van der Waals surface area contributed by atoms with Crippen LogP contribution in [0.5, 0.6) is 5.75 Å². The molecule has 0 fully saturated rings. The Hall–Kier alpha value is -2.68. The number of halogens is 1. The zero-order valence-electron chi connectivity index (χ0n) is 14.0. The monoisotopic (exact) mass is 342 g/mol. The second-order valence-electron chi connectivity index (χ2n) is 5.50. The summed E-state index contributed by atoms with van der Waals surface area (Å²) in [5.41, 5.74) is 1.12. The Labute approximate surface area is 147 Å². The van der Waals surface area contributed by atoms with E-state index in [1.165, 1.54) is 7.11 Å². The van der Waals surface area contributed by atoms with Gasteiger partial charge in [-0.2, -0.15) is 15.8 Å². The third kappa shape index (κ3) is 4.66. The summed E-state index contributed by atoms with van der Waals surface area (Å²) in [6.07, 6.45) is 0. The molecular formula is C18H19ClN4O. The van der Waals surface area contributed by atoms with E-state index in [-0.39, 0.29) is 11.1 Å². The van der Waals surface area contributed by atoms with Crippen LogP contribution in [0.1, 0.15) is 19.4 Å². The van der Waals surface area contributed by atoms with E-state index in [1.807, 2.05) is 12.1 Å². The predicted molar refractivity (Wildman–Crippen MR) is 94.5 cm³/mol. The van der Waals surface area contributed by atoms with Crippen molar-refractivity contribution in [2.45, 2.75) is 13.8 Å². The van der Waals surface area contributed by atoms with Gasteiger partial charge in [0.25, 0.3) is 0 Å². The minimum absolute atomic E-state index is 0.0103. The highest BCUT2D eigenvalue weighted by molar-refractivity contribution is 6.18. The molecule has 1 rings (SSSR count). The first kappa shape index (κ1) is 19.4. The second-order valence-corrected chi connectivity index (χ2v) is 5.88. The van der Waals surface area contributed by atoms with E-state index in [1.54, 1.807) is 24.3 Å². The smallest absolute Gasteiger partial charge is 0.148 e. The first-order chi connectivity index (χ1) is 11.5. The molecule has 0 radical (unpaired) electrons. The summed E-state index contributed by atoms with van der Waals surface area (Å²) in [6, 6.07) is 10.8. The largest absolute Gasteiger partial charge is 0.496 e. The SMILES string of the molecule is COc1cc(N(CCCl)CC(C)C)ccc1C(C#N)=C(C#N)C#N. The van der Waals surface area contributed by atoms with Gasteiger partial charge in [-0.15, -0.1) is 11.6 Å². The van der Waals surface area contributed by atoms with E-state index in [9.17, 15) is 5.26 Å². The van der Waals surface area contributed by atoms with Crippen molar-refractivity contribution < 1.29 is 4.74 Å². The fraction of sp³-hybridized carbons (Fsp3) is 0.389. The van der Waals surface area contributed by atoms with Crippen LogP contribution in [0.25, 0.3) is 5.57 Å². The summed E-state index contributed by atoms with van der Waals surface area (Å²) in [5.74, 6) is 1.39. The maximum atomic E-state index is 9.32. The van der Waals surface area contributed by atoms with Crippen LogP contribution in [0.15, 0.2) is 23.8 Å². The van der Waals surface area contributed by atoms with Crippen molar-refractivity contribution in [3.8, 4) is 24.0 Å². The summed E-state index contributed by atoms with van der Waals surface area (Å²) >= 11 is 5.89. The van der Waals surface area contributed by atoms with Crippen LogP contribution in [-0.2, 0) is 0 Å². The third-order valence-corrected chi connectivity index (χ3v) is 3.51. The second kappa shape index (κ2) is 9.46. The molecule has 1 aromatic rings. The Morgan fingerprint density at radius 3 is 2.33 bits per heavy atom. The third-order valence-electron chi connectivity index (χ3n) is 3.34. The van der Waals surface area contributed by atoms with Gasteiger partial charge in [0.2, 0.25) is 0 Å². The fourth-order valence-corrected chi connectivity index (χ4v) is 2.54. The van der Waals surface area contributed by atoms with Gasteiger partial charge in [-0.05, 0) is 18.1 Å². The van der Waals surface area contributed by atoms with E-state index < -0.39 is 0 Å². The molecule has 0 spiro atoms. The van der Waals surface area contributed by atoms with Gasteiger partial charge < -0.3 is 9.64 Å². The van der Waals surface area contributed by atoms with Crippen molar-refractivity contribution in [2.75, 3.05) is 31.0 Å². The summed E-state index contributed by atoms with van der Waals surface area (Å²) in [5, 5.41) is 27.4. The molecule has 0 saturated carbocycles. The number of nitrogens with zero attached hydrogens (tertiary/aromatic N) is 4. The van der Waals surface area contributed by atoms with E-state index in [2.05, 4.69) is 18.7 Å². The quantitative estimate of drug-likeness (QED) is 0.557. The Kier molecular flexibility index (Phi) is 7.63. The molecule has 124 valence electrons. The van der Waals surface area contributed by atoms with Crippen LogP contribution in [0.2, 0.25) is 0 Å². The Balaban J connectivity index is 3.41. The van der Waals surface area contributed by atoms with Crippen LogP contribution in [0.3, 0.4) is 0 Å². The van der Waals surface area contributed by atoms with Crippen molar-refractivity contribution in [1.29, 1.82) is 15.8 Å². The number of alkyl halides is 1. The zero-order chi connectivity index (χ0) is 18.1. The number of benzene rings is 1. The molecule has 0 heterocycles. The van der Waals surface area contributed by atoms with Gasteiger partial charge in [0.15, 0.2) is 0 Å². The van der Waals surface area contributed by atoms with E-state index in [0.29, 0.717) is 29.7 Å². The molecule has 0 N–H and O–H groups in total. The van der Waals surface area contributed by atoms with Gasteiger partial charge in [-0.1, -0.05) is 13.8 Å². The maximum Gasteiger partial charge on any atom is 0.148 e. The van der Waals surface area contributed by atoms with Crippen molar-refractivity contribution in [2.24, 2.45) is 5.92 Å². The van der Waals surface area contributed by atoms with Crippen LogP contribution in [0.4, 0.5) is 5.69 Å². The lowest BCUT2D eigenvalue weighted by Crippen LogP contribution is -2.29. The molecular weight excluding hydrogens is 324 g/mol. The Morgan fingerprint density at radius 1 is 1.21 bits per heavy atom. The number of rotatable bonds is 7. The first-order valence-corrected chi connectivity index (χ1v) is 7.99. The Morgan fingerprint density at radius 2 is 1.88 bits per heavy atom. The standard InChI is InChI=1S/C18H19ClN4O/c1-13(2)12-23(7-6-19)15-4-5-16(18(8-15)24-3)17(11-22)14(9-20)10-21/h4-5,8,13H,6-7,12H2,1-3H3. The van der Waals surface area contributed by atoms with Gasteiger partial charge in [-0.3, -0.25) is 0 Å². The number of hydrogen-bond donors (Lipinski definition) is 0. The molecule has 0 aliphatic carbocycles. The van der Waals surface area contributed by atoms with Crippen LogP contribution in [-0.4, -0.2) is 26.1 Å². The average Bonchev–Trinajstić information content (AvgIpc) is 2.58. The van der Waals surface area contributed by atoms with Crippen LogP contribution < -0.4 is 9.64 Å². The highest BCUT2D eigenvalue weighted by Gasteiger charge is 2.16. The topological polar surface area (TPSA) is 83.8 Å². The zero-order valence-corrected chi connectivity index (χ0v) is 14.8. The number of anilines is 1. The van der Waals surface area contributed by atoms with Crippen molar-refractivity contribution >= 4 is 22.9 Å². The van der Waals surface area contributed by atoms with E-state index >= 15 is 0 Å². The van der Waals surface area contributed by atoms with Crippen molar-refractivity contribution in [3.63, 3.8) is 0 Å². The summed E-state index contributed by atoms with van der Waals surface area (Å²) in [6.45, 7) is 5.76. The summed E-state index contributed by atoms with van der Waals surface area (Å²) in [4.78, 5) is 2.13. The van der Waals surface area contributed by atoms with Gasteiger partial charge in [0.05, 0.1) is 12.7 Å². The highest BCUT2D eigenvalue weighted by Crippen LogP contribution is 2.32.